The number of aliphatic hydroxyl groups is 1. The van der Waals surface area contributed by atoms with Crippen LogP contribution in [0.2, 0.25) is 0 Å². The second-order valence-corrected chi connectivity index (χ2v) is 4.49. The Kier molecular flexibility index (Phi) is 4.31. The lowest BCUT2D eigenvalue weighted by Gasteiger charge is -2.40. The predicted octanol–water partition coefficient (Wildman–Crippen LogP) is 0.917. The smallest absolute Gasteiger partial charge is 0.126 e. The first-order valence-corrected chi connectivity index (χ1v) is 6.51. The van der Waals surface area contributed by atoms with Crippen molar-refractivity contribution in [1.29, 1.82) is 0 Å². The summed E-state index contributed by atoms with van der Waals surface area (Å²) in [5, 5.41) is 18.5. The summed E-state index contributed by atoms with van der Waals surface area (Å²) in [6, 6.07) is 0. The van der Waals surface area contributed by atoms with E-state index in [0.29, 0.717) is 44.9 Å². The second-order valence-electron chi connectivity index (χ2n) is 4.49. The molecule has 1 unspecified atom stereocenters. The highest BCUT2D eigenvalue weighted by atomic mass is 16.5. The Hall–Kier alpha value is -0.980. The third-order valence-electron chi connectivity index (χ3n) is 3.50. The Labute approximate surface area is 107 Å². The molecule has 1 aliphatic rings. The number of ether oxygens (including phenoxy) is 2. The Balaban J connectivity index is 2.24. The molecular weight excluding hydrogens is 234 g/mol. The van der Waals surface area contributed by atoms with Gasteiger partial charge in [0.2, 0.25) is 0 Å². The minimum Gasteiger partial charge on any atom is -0.384 e. The number of aryl methyl sites for hydroxylation is 1. The third kappa shape index (κ3) is 2.41. The maximum atomic E-state index is 10.6. The van der Waals surface area contributed by atoms with Crippen LogP contribution in [0.1, 0.15) is 38.5 Å². The van der Waals surface area contributed by atoms with Crippen LogP contribution in [-0.4, -0.2) is 45.5 Å². The van der Waals surface area contributed by atoms with Gasteiger partial charge in [-0.1, -0.05) is 5.21 Å². The summed E-state index contributed by atoms with van der Waals surface area (Å²) in [6.07, 6.45) is 2.29. The lowest BCUT2D eigenvalue weighted by molar-refractivity contribution is -0.169. The summed E-state index contributed by atoms with van der Waals surface area (Å²) >= 11 is 0. The first kappa shape index (κ1) is 13.5. The zero-order valence-corrected chi connectivity index (χ0v) is 11.0. The Morgan fingerprint density at radius 3 is 2.83 bits per heavy atom. The molecule has 6 nitrogen and oxygen atoms in total. The van der Waals surface area contributed by atoms with Gasteiger partial charge in [0.25, 0.3) is 0 Å². The zero-order valence-electron chi connectivity index (χ0n) is 11.0. The molecule has 102 valence electrons. The Morgan fingerprint density at radius 1 is 1.50 bits per heavy atom. The van der Waals surface area contributed by atoms with Crippen molar-refractivity contribution >= 4 is 0 Å². The van der Waals surface area contributed by atoms with E-state index in [1.807, 2.05) is 13.8 Å². The molecule has 0 saturated carbocycles. The molecule has 0 radical (unpaired) electrons. The van der Waals surface area contributed by atoms with Crippen molar-refractivity contribution in [3.63, 3.8) is 0 Å². The predicted molar refractivity (Wildman–Crippen MR) is 65.1 cm³/mol. The maximum Gasteiger partial charge on any atom is 0.126 e. The van der Waals surface area contributed by atoms with Crippen LogP contribution in [0.5, 0.6) is 0 Å². The monoisotopic (exact) mass is 255 g/mol. The van der Waals surface area contributed by atoms with Gasteiger partial charge in [0.1, 0.15) is 11.7 Å². The quantitative estimate of drug-likeness (QED) is 0.847. The first-order chi connectivity index (χ1) is 8.73. The van der Waals surface area contributed by atoms with E-state index in [1.54, 1.807) is 10.9 Å². The zero-order chi connectivity index (χ0) is 13.0. The molecular formula is C12H21N3O3. The van der Waals surface area contributed by atoms with Crippen LogP contribution in [0.4, 0.5) is 0 Å². The van der Waals surface area contributed by atoms with Crippen LogP contribution in [0.25, 0.3) is 0 Å². The number of hydrogen-bond donors (Lipinski definition) is 1. The van der Waals surface area contributed by atoms with Crippen molar-refractivity contribution in [2.45, 2.75) is 44.9 Å². The molecule has 6 heteroatoms. The molecule has 1 aromatic heterocycles. The molecule has 0 bridgehead atoms. The number of hydrogen-bond acceptors (Lipinski definition) is 5. The van der Waals surface area contributed by atoms with E-state index in [2.05, 4.69) is 10.3 Å². The van der Waals surface area contributed by atoms with Crippen molar-refractivity contribution in [3.8, 4) is 0 Å². The molecule has 2 heterocycles. The summed E-state index contributed by atoms with van der Waals surface area (Å²) in [7, 11) is 0. The normalized spacial score (nSPS) is 20.8. The molecule has 1 saturated heterocycles. The molecule has 18 heavy (non-hydrogen) atoms. The van der Waals surface area contributed by atoms with Gasteiger partial charge in [-0.05, 0) is 13.8 Å². The van der Waals surface area contributed by atoms with Gasteiger partial charge in [0, 0.05) is 39.2 Å². The summed E-state index contributed by atoms with van der Waals surface area (Å²) < 4.78 is 12.9. The fourth-order valence-electron chi connectivity index (χ4n) is 2.49. The van der Waals surface area contributed by atoms with Crippen molar-refractivity contribution in [2.24, 2.45) is 0 Å². The highest BCUT2D eigenvalue weighted by Crippen LogP contribution is 2.37. The summed E-state index contributed by atoms with van der Waals surface area (Å²) in [6.45, 7) is 6.41. The third-order valence-corrected chi connectivity index (χ3v) is 3.50. The van der Waals surface area contributed by atoms with E-state index in [-0.39, 0.29) is 0 Å². The van der Waals surface area contributed by atoms with Gasteiger partial charge < -0.3 is 14.6 Å². The van der Waals surface area contributed by atoms with Crippen molar-refractivity contribution in [1.82, 2.24) is 15.0 Å². The molecule has 1 atom stereocenters. The second kappa shape index (κ2) is 5.77. The van der Waals surface area contributed by atoms with Crippen LogP contribution in [-0.2, 0) is 16.0 Å². The molecule has 0 aromatic carbocycles. The van der Waals surface area contributed by atoms with Gasteiger partial charge in [-0.3, -0.25) is 0 Å². The molecule has 0 aliphatic carbocycles. The fraction of sp³-hybridized carbons (Fsp3) is 0.833. The lowest BCUT2D eigenvalue weighted by atomic mass is 9.86. The largest absolute Gasteiger partial charge is 0.384 e. The van der Waals surface area contributed by atoms with E-state index in [0.717, 1.165) is 0 Å². The molecule has 1 fully saturated rings. The van der Waals surface area contributed by atoms with Crippen LogP contribution in [0, 0.1) is 0 Å². The lowest BCUT2D eigenvalue weighted by Crippen LogP contribution is -2.45. The standard InChI is InChI=1S/C12H21N3O3/c1-3-15-10(9-13-14-15)11(16)12(18-4-2)5-7-17-8-6-12/h9,11,16H,3-8H2,1-2H3. The Morgan fingerprint density at radius 2 is 2.22 bits per heavy atom. The number of aromatic nitrogens is 3. The number of rotatable bonds is 5. The van der Waals surface area contributed by atoms with Crippen molar-refractivity contribution in [3.05, 3.63) is 11.9 Å². The van der Waals surface area contributed by atoms with E-state index in [9.17, 15) is 5.11 Å². The van der Waals surface area contributed by atoms with Gasteiger partial charge in [0.15, 0.2) is 0 Å². The number of nitrogens with zero attached hydrogens (tertiary/aromatic N) is 3. The SMILES string of the molecule is CCOC1(C(O)c2cnnn2CC)CCOCC1. The van der Waals surface area contributed by atoms with Crippen molar-refractivity contribution in [2.75, 3.05) is 19.8 Å². The first-order valence-electron chi connectivity index (χ1n) is 6.51. The van der Waals surface area contributed by atoms with Crippen LogP contribution in [0.15, 0.2) is 6.20 Å². The van der Waals surface area contributed by atoms with Gasteiger partial charge in [-0.15, -0.1) is 5.10 Å². The minimum absolute atomic E-state index is 0.568. The molecule has 0 amide bonds. The van der Waals surface area contributed by atoms with E-state index >= 15 is 0 Å². The molecule has 1 aliphatic heterocycles. The molecule has 2 rings (SSSR count). The van der Waals surface area contributed by atoms with Crippen LogP contribution in [0.3, 0.4) is 0 Å². The van der Waals surface area contributed by atoms with Gasteiger partial charge in [-0.2, -0.15) is 0 Å². The average molecular weight is 255 g/mol. The average Bonchev–Trinajstić information content (AvgIpc) is 2.87. The summed E-state index contributed by atoms with van der Waals surface area (Å²) in [5.41, 5.74) is 0.148. The van der Waals surface area contributed by atoms with Gasteiger partial charge in [0.05, 0.1) is 11.9 Å². The summed E-state index contributed by atoms with van der Waals surface area (Å²) in [4.78, 5) is 0. The highest BCUT2D eigenvalue weighted by molar-refractivity contribution is 5.08. The van der Waals surface area contributed by atoms with E-state index < -0.39 is 11.7 Å². The topological polar surface area (TPSA) is 69.4 Å². The van der Waals surface area contributed by atoms with E-state index in [4.69, 9.17) is 9.47 Å². The van der Waals surface area contributed by atoms with Gasteiger partial charge in [-0.25, -0.2) is 4.68 Å². The number of aliphatic hydroxyl groups excluding tert-OH is 1. The van der Waals surface area contributed by atoms with Crippen LogP contribution < -0.4 is 0 Å². The molecule has 1 N–H and O–H groups in total. The minimum atomic E-state index is -0.712. The van der Waals surface area contributed by atoms with E-state index in [1.165, 1.54) is 0 Å². The Bertz CT molecular complexity index is 369. The van der Waals surface area contributed by atoms with Crippen molar-refractivity contribution < 1.29 is 14.6 Å². The maximum absolute atomic E-state index is 10.6. The summed E-state index contributed by atoms with van der Waals surface area (Å²) in [5.74, 6) is 0. The molecule has 1 aromatic rings. The fourth-order valence-corrected chi connectivity index (χ4v) is 2.49. The van der Waals surface area contributed by atoms with Gasteiger partial charge >= 0.3 is 0 Å². The molecule has 0 spiro atoms. The van der Waals surface area contributed by atoms with Crippen LogP contribution >= 0.6 is 0 Å². The highest BCUT2D eigenvalue weighted by Gasteiger charge is 2.42.